The SMILES string of the molecule is [Hg][CH2][C@@H]1CCC[C@H]2CCC[C@@H](C[Se]c3ccccc3)N21. The number of fused-ring (bicyclic) bond motifs is 1. The third kappa shape index (κ3) is 3.69. The van der Waals surface area contributed by atoms with Gasteiger partial charge in [-0.3, -0.25) is 0 Å². The molecular formula is C17H24HgNSe. The first kappa shape index (κ1) is 15.5. The third-order valence-corrected chi connectivity index (χ3v) is 9.95. The predicted molar refractivity (Wildman–Crippen MR) is 82.3 cm³/mol. The summed E-state index contributed by atoms with van der Waals surface area (Å²) in [6, 6.07) is 14.0. The summed E-state index contributed by atoms with van der Waals surface area (Å²) in [6.07, 6.45) is 8.91. The molecule has 0 amide bonds. The van der Waals surface area contributed by atoms with Gasteiger partial charge in [0.1, 0.15) is 0 Å². The van der Waals surface area contributed by atoms with E-state index in [1.54, 1.807) is 8.39 Å². The summed E-state index contributed by atoms with van der Waals surface area (Å²) in [4.78, 5) is 3.00. The second-order valence-electron chi connectivity index (χ2n) is 6.18. The van der Waals surface area contributed by atoms with Gasteiger partial charge in [-0.25, -0.2) is 0 Å². The van der Waals surface area contributed by atoms with E-state index in [4.69, 9.17) is 0 Å². The van der Waals surface area contributed by atoms with Gasteiger partial charge in [0.05, 0.1) is 0 Å². The van der Waals surface area contributed by atoms with Crippen LogP contribution < -0.4 is 4.46 Å². The van der Waals surface area contributed by atoms with Crippen molar-refractivity contribution >= 4 is 19.4 Å². The maximum atomic E-state index is 3.00. The first-order chi connectivity index (χ1) is 9.88. The molecule has 0 unspecified atom stereocenters. The molecule has 1 aromatic carbocycles. The Hall–Kier alpha value is 0.635. The van der Waals surface area contributed by atoms with Crippen LogP contribution in [0.2, 0.25) is 9.25 Å². The quantitative estimate of drug-likeness (QED) is 0.550. The molecule has 0 spiro atoms. The van der Waals surface area contributed by atoms with E-state index in [-0.39, 0.29) is 0 Å². The summed E-state index contributed by atoms with van der Waals surface area (Å²) >= 11 is 1.64. The number of nitrogens with zero attached hydrogens (tertiary/aromatic N) is 1. The first-order valence-corrected chi connectivity index (χ1v) is 14.1. The Labute approximate surface area is 146 Å². The van der Waals surface area contributed by atoms with Crippen LogP contribution in [0.25, 0.3) is 0 Å². The number of hydrogen-bond acceptors (Lipinski definition) is 1. The van der Waals surface area contributed by atoms with E-state index in [1.807, 2.05) is 0 Å². The van der Waals surface area contributed by atoms with Crippen molar-refractivity contribution in [2.75, 3.05) is 0 Å². The molecule has 2 aliphatic heterocycles. The predicted octanol–water partition coefficient (Wildman–Crippen LogP) is 3.18. The normalized spacial score (nSPS) is 31.0. The van der Waals surface area contributed by atoms with E-state index < -0.39 is 0 Å². The zero-order valence-electron chi connectivity index (χ0n) is 12.3. The Morgan fingerprint density at radius 3 is 2.40 bits per heavy atom. The van der Waals surface area contributed by atoms with Crippen LogP contribution in [0.4, 0.5) is 0 Å². The van der Waals surface area contributed by atoms with E-state index in [0.717, 1.165) is 44.2 Å². The molecule has 3 rings (SSSR count). The molecular weight excluding hydrogens is 498 g/mol. The Morgan fingerprint density at radius 1 is 1.00 bits per heavy atom. The molecule has 0 bridgehead atoms. The third-order valence-electron chi connectivity index (χ3n) is 4.93. The van der Waals surface area contributed by atoms with Crippen LogP contribution in [0.3, 0.4) is 0 Å². The van der Waals surface area contributed by atoms with Crippen LogP contribution in [0, 0.1) is 0 Å². The Balaban J connectivity index is 1.64. The van der Waals surface area contributed by atoms with Crippen molar-refractivity contribution in [3.8, 4) is 0 Å². The van der Waals surface area contributed by atoms with Gasteiger partial charge in [-0.1, -0.05) is 0 Å². The minimum absolute atomic E-state index is 0.672. The molecule has 105 valence electrons. The van der Waals surface area contributed by atoms with Gasteiger partial charge < -0.3 is 0 Å². The molecule has 0 aromatic heterocycles. The van der Waals surface area contributed by atoms with Crippen molar-refractivity contribution in [3.63, 3.8) is 0 Å². The molecule has 2 aliphatic rings. The number of rotatable bonds is 4. The summed E-state index contributed by atoms with van der Waals surface area (Å²) in [5, 5.41) is 1.44. The molecule has 2 heterocycles. The molecule has 20 heavy (non-hydrogen) atoms. The molecule has 0 N–H and O–H groups in total. The van der Waals surface area contributed by atoms with Crippen molar-refractivity contribution in [1.82, 2.24) is 4.90 Å². The second-order valence-corrected chi connectivity index (χ2v) is 10.7. The van der Waals surface area contributed by atoms with Gasteiger partial charge in [-0.2, -0.15) is 0 Å². The summed E-state index contributed by atoms with van der Waals surface area (Å²) in [5.74, 6) is 0. The summed E-state index contributed by atoms with van der Waals surface area (Å²) in [6.45, 7) is 0. The van der Waals surface area contributed by atoms with Crippen molar-refractivity contribution in [2.45, 2.75) is 65.9 Å². The van der Waals surface area contributed by atoms with E-state index in [1.165, 1.54) is 43.8 Å². The zero-order valence-corrected chi connectivity index (χ0v) is 19.5. The standard InChI is InChI=1S/C17H24NSe.Hg/c1-14-7-5-8-15-9-6-10-16(18(14)15)13-19-17-11-3-2-4-12-17;/h2-4,11-12,14-16H,1,5-10,13H2;/t14-,15+,16+;/m1./s1. The average molecular weight is 522 g/mol. The van der Waals surface area contributed by atoms with Gasteiger partial charge >= 0.3 is 147 Å². The molecule has 0 saturated carbocycles. The van der Waals surface area contributed by atoms with Gasteiger partial charge in [0, 0.05) is 0 Å². The minimum atomic E-state index is 0.672. The van der Waals surface area contributed by atoms with Crippen LogP contribution in [0.5, 0.6) is 0 Å². The summed E-state index contributed by atoms with van der Waals surface area (Å²) < 4.78 is 3.14. The van der Waals surface area contributed by atoms with Gasteiger partial charge in [0.2, 0.25) is 0 Å². The summed E-state index contributed by atoms with van der Waals surface area (Å²) in [7, 11) is 0. The summed E-state index contributed by atoms with van der Waals surface area (Å²) in [5.41, 5.74) is 0. The molecule has 0 radical (unpaired) electrons. The van der Waals surface area contributed by atoms with Crippen molar-refractivity contribution in [3.05, 3.63) is 30.3 Å². The Bertz CT molecular complexity index is 402. The van der Waals surface area contributed by atoms with Gasteiger partial charge in [-0.05, 0) is 0 Å². The van der Waals surface area contributed by atoms with E-state index in [2.05, 4.69) is 35.2 Å². The van der Waals surface area contributed by atoms with Gasteiger partial charge in [0.15, 0.2) is 0 Å². The van der Waals surface area contributed by atoms with Crippen LogP contribution in [0.1, 0.15) is 38.5 Å². The molecule has 3 atom stereocenters. The first-order valence-electron chi connectivity index (χ1n) is 8.13. The van der Waals surface area contributed by atoms with Gasteiger partial charge in [-0.15, -0.1) is 0 Å². The fourth-order valence-electron chi connectivity index (χ4n) is 3.99. The van der Waals surface area contributed by atoms with E-state index in [0.29, 0.717) is 15.0 Å². The van der Waals surface area contributed by atoms with Crippen molar-refractivity contribution in [1.29, 1.82) is 0 Å². The van der Waals surface area contributed by atoms with Crippen LogP contribution in [0.15, 0.2) is 30.3 Å². The number of benzene rings is 1. The fourth-order valence-corrected chi connectivity index (χ4v) is 8.52. The topological polar surface area (TPSA) is 3.24 Å². The van der Waals surface area contributed by atoms with Crippen molar-refractivity contribution in [2.24, 2.45) is 0 Å². The van der Waals surface area contributed by atoms with Crippen LogP contribution in [-0.2, 0) is 26.1 Å². The number of piperidine rings is 2. The fraction of sp³-hybridized carbons (Fsp3) is 0.647. The number of hydrogen-bond donors (Lipinski definition) is 0. The molecule has 2 saturated heterocycles. The Kier molecular flexibility index (Phi) is 6.03. The molecule has 2 fully saturated rings. The molecule has 1 aromatic rings. The zero-order chi connectivity index (χ0) is 13.8. The van der Waals surface area contributed by atoms with E-state index >= 15 is 0 Å². The second kappa shape index (κ2) is 7.76. The van der Waals surface area contributed by atoms with Crippen molar-refractivity contribution < 1.29 is 26.1 Å². The van der Waals surface area contributed by atoms with Crippen LogP contribution >= 0.6 is 0 Å². The monoisotopic (exact) mass is 524 g/mol. The Morgan fingerprint density at radius 2 is 1.70 bits per heavy atom. The van der Waals surface area contributed by atoms with E-state index in [9.17, 15) is 0 Å². The maximum absolute atomic E-state index is 3.00. The molecule has 3 heteroatoms. The molecule has 0 aliphatic carbocycles. The molecule has 1 nitrogen and oxygen atoms in total. The van der Waals surface area contributed by atoms with Gasteiger partial charge in [0.25, 0.3) is 0 Å². The average Bonchev–Trinajstić information content (AvgIpc) is 2.53. The van der Waals surface area contributed by atoms with Crippen LogP contribution in [-0.4, -0.2) is 38.0 Å².